The highest BCUT2D eigenvalue weighted by Gasteiger charge is 2.36. The minimum absolute atomic E-state index is 0.0575. The van der Waals surface area contributed by atoms with Gasteiger partial charge in [0.1, 0.15) is 27.1 Å². The SMILES string of the molecule is CN(C)S(=O)(=O)c1ccccc1S(=O)(=O)n1nc(C2CCN(c3c(F)cccc3F)CC2)c2c1CCCN2. The smallest absolute Gasteiger partial charge is 0.284 e. The van der Waals surface area contributed by atoms with Crippen LogP contribution in [0.25, 0.3) is 0 Å². The number of hydrogen-bond acceptors (Lipinski definition) is 7. The molecule has 0 aliphatic carbocycles. The lowest BCUT2D eigenvalue weighted by Gasteiger charge is -2.33. The number of para-hydroxylation sites is 1. The van der Waals surface area contributed by atoms with Crippen LogP contribution in [0.2, 0.25) is 0 Å². The number of nitrogens with one attached hydrogen (secondary N) is 1. The highest BCUT2D eigenvalue weighted by molar-refractivity contribution is 7.92. The number of fused-ring (bicyclic) bond motifs is 1. The number of halogens is 2. The van der Waals surface area contributed by atoms with Gasteiger partial charge in [0.25, 0.3) is 10.0 Å². The Hall–Kier alpha value is -3.03. The lowest BCUT2D eigenvalue weighted by Crippen LogP contribution is -2.34. The second-order valence-corrected chi connectivity index (χ2v) is 13.5. The van der Waals surface area contributed by atoms with Gasteiger partial charge >= 0.3 is 0 Å². The summed E-state index contributed by atoms with van der Waals surface area (Å²) in [6, 6.07) is 9.29. The summed E-state index contributed by atoms with van der Waals surface area (Å²) in [6.07, 6.45) is 2.18. The van der Waals surface area contributed by atoms with Gasteiger partial charge in [-0.25, -0.2) is 21.5 Å². The third-order valence-electron chi connectivity index (χ3n) is 7.12. The Bertz CT molecular complexity index is 1560. The van der Waals surface area contributed by atoms with E-state index in [9.17, 15) is 25.6 Å². The highest BCUT2D eigenvalue weighted by Crippen LogP contribution is 2.39. The van der Waals surface area contributed by atoms with Gasteiger partial charge < -0.3 is 10.2 Å². The maximum atomic E-state index is 14.3. The van der Waals surface area contributed by atoms with Gasteiger partial charge in [0, 0.05) is 39.6 Å². The molecule has 5 rings (SSSR count). The van der Waals surface area contributed by atoms with Crippen LogP contribution in [0.15, 0.2) is 52.3 Å². The van der Waals surface area contributed by atoms with Crippen LogP contribution in [0.1, 0.15) is 36.6 Å². The number of nitrogens with zero attached hydrogens (tertiary/aromatic N) is 4. The average Bonchev–Trinajstić information content (AvgIpc) is 3.29. The predicted molar refractivity (Wildman–Crippen MR) is 139 cm³/mol. The number of hydrogen-bond donors (Lipinski definition) is 1. The lowest BCUT2D eigenvalue weighted by molar-refractivity contribution is 0.478. The van der Waals surface area contributed by atoms with Crippen LogP contribution in [0.4, 0.5) is 20.2 Å². The molecule has 1 fully saturated rings. The van der Waals surface area contributed by atoms with E-state index in [1.807, 2.05) is 0 Å². The van der Waals surface area contributed by atoms with E-state index >= 15 is 0 Å². The van der Waals surface area contributed by atoms with Crippen molar-refractivity contribution in [2.75, 3.05) is 43.9 Å². The Morgan fingerprint density at radius 2 is 1.58 bits per heavy atom. The van der Waals surface area contributed by atoms with E-state index in [4.69, 9.17) is 0 Å². The van der Waals surface area contributed by atoms with Gasteiger partial charge in [-0.05, 0) is 49.9 Å². The molecule has 204 valence electrons. The summed E-state index contributed by atoms with van der Waals surface area (Å²) in [5, 5.41) is 7.84. The van der Waals surface area contributed by atoms with Gasteiger partial charge in [0.2, 0.25) is 10.0 Å². The van der Waals surface area contributed by atoms with Crippen molar-refractivity contribution in [3.63, 3.8) is 0 Å². The fraction of sp³-hybridized carbons (Fsp3) is 0.400. The van der Waals surface area contributed by atoms with Crippen molar-refractivity contribution >= 4 is 31.4 Å². The summed E-state index contributed by atoms with van der Waals surface area (Å²) in [7, 11) is -5.72. The van der Waals surface area contributed by atoms with Crippen LogP contribution in [0, 0.1) is 11.6 Å². The molecule has 0 radical (unpaired) electrons. The zero-order valence-corrected chi connectivity index (χ0v) is 22.7. The Kier molecular flexibility index (Phi) is 6.95. The molecule has 0 amide bonds. The number of piperidine rings is 1. The Labute approximate surface area is 221 Å². The van der Waals surface area contributed by atoms with E-state index in [1.165, 1.54) is 56.6 Å². The average molecular weight is 566 g/mol. The zero-order chi connectivity index (χ0) is 27.2. The molecule has 0 bridgehead atoms. The van der Waals surface area contributed by atoms with E-state index in [1.54, 1.807) is 4.90 Å². The summed E-state index contributed by atoms with van der Waals surface area (Å²) in [5.74, 6) is -1.38. The van der Waals surface area contributed by atoms with E-state index in [-0.39, 0.29) is 21.4 Å². The molecule has 38 heavy (non-hydrogen) atoms. The fourth-order valence-corrected chi connectivity index (χ4v) is 8.18. The fourth-order valence-electron chi connectivity index (χ4n) is 5.15. The normalized spacial score (nSPS) is 16.9. The first kappa shape index (κ1) is 26.6. The maximum absolute atomic E-state index is 14.3. The Morgan fingerprint density at radius 3 is 2.21 bits per heavy atom. The number of anilines is 2. The molecule has 2 aliphatic heterocycles. The van der Waals surface area contributed by atoms with Crippen LogP contribution in [-0.4, -0.2) is 64.1 Å². The molecule has 3 heterocycles. The second-order valence-electron chi connectivity index (χ2n) is 9.65. The first-order valence-electron chi connectivity index (χ1n) is 12.3. The number of sulfonamides is 1. The van der Waals surface area contributed by atoms with Gasteiger partial charge in [0.15, 0.2) is 0 Å². The molecule has 0 spiro atoms. The van der Waals surface area contributed by atoms with E-state index in [0.29, 0.717) is 62.4 Å². The second kappa shape index (κ2) is 9.93. The highest BCUT2D eigenvalue weighted by atomic mass is 32.2. The van der Waals surface area contributed by atoms with Crippen molar-refractivity contribution in [1.29, 1.82) is 0 Å². The Morgan fingerprint density at radius 1 is 0.947 bits per heavy atom. The molecule has 2 aliphatic rings. The van der Waals surface area contributed by atoms with Crippen molar-refractivity contribution in [3.05, 3.63) is 65.5 Å². The molecule has 1 aromatic heterocycles. The van der Waals surface area contributed by atoms with Crippen LogP contribution in [0.3, 0.4) is 0 Å². The summed E-state index contributed by atoms with van der Waals surface area (Å²) >= 11 is 0. The summed E-state index contributed by atoms with van der Waals surface area (Å²) in [4.78, 5) is 0.998. The molecule has 0 saturated carbocycles. The molecule has 0 atom stereocenters. The zero-order valence-electron chi connectivity index (χ0n) is 21.1. The van der Waals surface area contributed by atoms with Crippen molar-refractivity contribution in [3.8, 4) is 0 Å². The van der Waals surface area contributed by atoms with E-state index in [2.05, 4.69) is 10.4 Å². The third kappa shape index (κ3) is 4.46. The summed E-state index contributed by atoms with van der Waals surface area (Å²) in [6.45, 7) is 1.40. The van der Waals surface area contributed by atoms with Crippen LogP contribution in [-0.2, 0) is 26.5 Å². The molecule has 1 saturated heterocycles. The topological polar surface area (TPSA) is 105 Å². The van der Waals surface area contributed by atoms with Crippen LogP contribution >= 0.6 is 0 Å². The van der Waals surface area contributed by atoms with Gasteiger partial charge in [-0.2, -0.15) is 17.6 Å². The van der Waals surface area contributed by atoms with Gasteiger partial charge in [0.05, 0.1) is 17.1 Å². The molecule has 3 aromatic rings. The third-order valence-corrected chi connectivity index (χ3v) is 10.8. The van der Waals surface area contributed by atoms with Crippen molar-refractivity contribution in [2.24, 2.45) is 0 Å². The molecular formula is C25H29F2N5O4S2. The van der Waals surface area contributed by atoms with Gasteiger partial charge in [-0.1, -0.05) is 18.2 Å². The van der Waals surface area contributed by atoms with Crippen molar-refractivity contribution < 1.29 is 25.6 Å². The van der Waals surface area contributed by atoms with Gasteiger partial charge in [-0.3, -0.25) is 0 Å². The van der Waals surface area contributed by atoms with E-state index in [0.717, 1.165) is 8.39 Å². The lowest BCUT2D eigenvalue weighted by atomic mass is 9.91. The van der Waals surface area contributed by atoms with Crippen LogP contribution in [0.5, 0.6) is 0 Å². The van der Waals surface area contributed by atoms with E-state index < -0.39 is 31.7 Å². The number of benzene rings is 2. The van der Waals surface area contributed by atoms with Crippen molar-refractivity contribution in [2.45, 2.75) is 41.4 Å². The largest absolute Gasteiger partial charge is 0.382 e. The standard InChI is InChI=1S/C25H29F2N5O4S2/c1-30(2)37(33,34)21-10-3-4-11-22(21)38(35,36)32-20-9-6-14-28-24(20)23(29-32)17-12-15-31(16-13-17)25-18(26)7-5-8-19(25)27/h3-5,7-8,10-11,17,28H,6,9,12-16H2,1-2H3. The van der Waals surface area contributed by atoms with Crippen molar-refractivity contribution in [1.82, 2.24) is 13.5 Å². The summed E-state index contributed by atoms with van der Waals surface area (Å²) < 4.78 is 84.2. The monoisotopic (exact) mass is 565 g/mol. The summed E-state index contributed by atoms with van der Waals surface area (Å²) in [5.41, 5.74) is 1.64. The predicted octanol–water partition coefficient (Wildman–Crippen LogP) is 3.39. The molecule has 13 heteroatoms. The molecule has 0 unspecified atom stereocenters. The minimum atomic E-state index is -4.36. The maximum Gasteiger partial charge on any atom is 0.284 e. The quantitative estimate of drug-likeness (QED) is 0.489. The Balaban J connectivity index is 1.52. The molecule has 2 aromatic carbocycles. The molecular weight excluding hydrogens is 536 g/mol. The number of aromatic nitrogens is 2. The minimum Gasteiger partial charge on any atom is -0.382 e. The molecule has 1 N–H and O–H groups in total. The first-order chi connectivity index (χ1) is 18.0. The molecule has 9 nitrogen and oxygen atoms in total. The number of rotatable bonds is 6. The van der Waals surface area contributed by atoms with Gasteiger partial charge in [-0.15, -0.1) is 0 Å². The van der Waals surface area contributed by atoms with Crippen LogP contribution < -0.4 is 10.2 Å². The first-order valence-corrected chi connectivity index (χ1v) is 15.2.